The van der Waals surface area contributed by atoms with E-state index in [1.54, 1.807) is 6.33 Å². The number of benzene rings is 1. The van der Waals surface area contributed by atoms with Crippen molar-refractivity contribution in [1.29, 1.82) is 0 Å². The van der Waals surface area contributed by atoms with Gasteiger partial charge in [-0.25, -0.2) is 4.98 Å². The molecule has 1 saturated carbocycles. The van der Waals surface area contributed by atoms with Gasteiger partial charge in [-0.3, -0.25) is 14.4 Å². The third-order valence-corrected chi connectivity index (χ3v) is 5.38. The Morgan fingerprint density at radius 3 is 2.68 bits per heavy atom. The molecular formula is C21H24N6O. The Hall–Kier alpha value is -2.93. The number of nitrogens with one attached hydrogen (secondary N) is 1. The van der Waals surface area contributed by atoms with E-state index < -0.39 is 0 Å². The second kappa shape index (κ2) is 7.24. The van der Waals surface area contributed by atoms with E-state index in [2.05, 4.69) is 43.2 Å². The third kappa shape index (κ3) is 3.84. The van der Waals surface area contributed by atoms with Crippen LogP contribution < -0.4 is 5.32 Å². The first-order valence-electron chi connectivity index (χ1n) is 9.85. The fourth-order valence-corrected chi connectivity index (χ4v) is 3.68. The molecule has 0 unspecified atom stereocenters. The summed E-state index contributed by atoms with van der Waals surface area (Å²) in [4.78, 5) is 18.9. The molecule has 1 aliphatic carbocycles. The predicted molar refractivity (Wildman–Crippen MR) is 105 cm³/mol. The Morgan fingerprint density at radius 2 is 1.89 bits per heavy atom. The van der Waals surface area contributed by atoms with E-state index in [-0.39, 0.29) is 11.9 Å². The summed E-state index contributed by atoms with van der Waals surface area (Å²) < 4.78 is 4.02. The molecular weight excluding hydrogens is 352 g/mol. The van der Waals surface area contributed by atoms with Crippen molar-refractivity contribution in [3.05, 3.63) is 72.1 Å². The summed E-state index contributed by atoms with van der Waals surface area (Å²) in [5.74, 6) is -0.0697. The van der Waals surface area contributed by atoms with Gasteiger partial charge in [0.2, 0.25) is 0 Å². The number of rotatable bonds is 7. The van der Waals surface area contributed by atoms with E-state index >= 15 is 0 Å². The number of likely N-dealkylation sites (tertiary alicyclic amines) is 1. The van der Waals surface area contributed by atoms with Crippen LogP contribution in [0.15, 0.2) is 55.2 Å². The molecule has 0 spiro atoms. The molecule has 1 aliphatic heterocycles. The second-order valence-electron chi connectivity index (χ2n) is 7.83. The average Bonchev–Trinajstić information content (AvgIpc) is 3.23. The van der Waals surface area contributed by atoms with E-state index in [0.29, 0.717) is 11.7 Å². The lowest BCUT2D eigenvalue weighted by Crippen LogP contribution is -2.58. The van der Waals surface area contributed by atoms with E-state index in [1.165, 1.54) is 24.0 Å². The van der Waals surface area contributed by atoms with Crippen LogP contribution in [0, 0.1) is 0 Å². The van der Waals surface area contributed by atoms with Gasteiger partial charge >= 0.3 is 0 Å². The van der Waals surface area contributed by atoms with Gasteiger partial charge in [-0.1, -0.05) is 30.3 Å². The van der Waals surface area contributed by atoms with Crippen LogP contribution in [-0.2, 0) is 13.1 Å². The number of amides is 1. The topological polar surface area (TPSA) is 68.0 Å². The number of aromatic nitrogens is 4. The van der Waals surface area contributed by atoms with E-state index in [0.717, 1.165) is 26.2 Å². The molecule has 1 amide bonds. The Morgan fingerprint density at radius 1 is 1.07 bits per heavy atom. The molecule has 1 aromatic carbocycles. The van der Waals surface area contributed by atoms with Crippen LogP contribution in [-0.4, -0.2) is 49.3 Å². The minimum atomic E-state index is -0.0697. The summed E-state index contributed by atoms with van der Waals surface area (Å²) in [6, 6.07) is 11.1. The Bertz CT molecular complexity index is 952. The van der Waals surface area contributed by atoms with Crippen LogP contribution in [0.1, 0.15) is 40.5 Å². The molecule has 1 saturated heterocycles. The Balaban J connectivity index is 1.08. The molecule has 2 aromatic heterocycles. The first kappa shape index (κ1) is 17.2. The van der Waals surface area contributed by atoms with E-state index in [1.807, 2.05) is 35.3 Å². The van der Waals surface area contributed by atoms with Crippen molar-refractivity contribution in [2.24, 2.45) is 0 Å². The summed E-state index contributed by atoms with van der Waals surface area (Å²) in [6.45, 7) is 3.36. The van der Waals surface area contributed by atoms with Crippen molar-refractivity contribution < 1.29 is 4.79 Å². The minimum absolute atomic E-state index is 0.0697. The van der Waals surface area contributed by atoms with E-state index in [4.69, 9.17) is 0 Å². The van der Waals surface area contributed by atoms with Crippen LogP contribution in [0.4, 0.5) is 0 Å². The van der Waals surface area contributed by atoms with Crippen molar-refractivity contribution in [3.63, 3.8) is 0 Å². The molecule has 7 heteroatoms. The molecule has 28 heavy (non-hydrogen) atoms. The van der Waals surface area contributed by atoms with Gasteiger partial charge in [0.05, 0.1) is 25.1 Å². The van der Waals surface area contributed by atoms with Crippen LogP contribution >= 0.6 is 0 Å². The molecule has 2 aliphatic rings. The molecule has 1 N–H and O–H groups in total. The zero-order valence-corrected chi connectivity index (χ0v) is 15.7. The van der Waals surface area contributed by atoms with Gasteiger partial charge in [0.1, 0.15) is 5.69 Å². The molecule has 3 heterocycles. The second-order valence-corrected chi connectivity index (χ2v) is 7.83. The monoisotopic (exact) mass is 376 g/mol. The number of hydrogen-bond acceptors (Lipinski definition) is 4. The van der Waals surface area contributed by atoms with Gasteiger partial charge in [-0.2, -0.15) is 5.10 Å². The van der Waals surface area contributed by atoms with Crippen LogP contribution in [0.2, 0.25) is 0 Å². The first-order chi connectivity index (χ1) is 13.7. The molecule has 144 valence electrons. The maximum atomic E-state index is 12.3. The number of nitrogens with zero attached hydrogens (tertiary/aromatic N) is 5. The fourth-order valence-electron chi connectivity index (χ4n) is 3.68. The molecule has 7 nitrogen and oxygen atoms in total. The zero-order valence-electron chi connectivity index (χ0n) is 15.7. The minimum Gasteiger partial charge on any atom is -0.345 e. The highest BCUT2D eigenvalue weighted by molar-refractivity contribution is 5.92. The first-order valence-corrected chi connectivity index (χ1v) is 9.85. The lowest BCUT2D eigenvalue weighted by atomic mass is 10.1. The van der Waals surface area contributed by atoms with Crippen molar-refractivity contribution in [2.45, 2.75) is 38.0 Å². The molecule has 0 bridgehead atoms. The third-order valence-electron chi connectivity index (χ3n) is 5.38. The number of imidazole rings is 1. The standard InChI is InChI=1S/C21H24N6O/c28-21(20-14-26(15-22-20)19-6-7-19)24-18-12-25(13-18)9-17-8-23-27(11-17)10-16-4-2-1-3-5-16/h1-5,8,11,14-15,18-19H,6-7,9-10,12-13H2,(H,24,28). The van der Waals surface area contributed by atoms with Crippen LogP contribution in [0.25, 0.3) is 0 Å². The highest BCUT2D eigenvalue weighted by Gasteiger charge is 2.29. The maximum Gasteiger partial charge on any atom is 0.271 e. The Labute approximate surface area is 164 Å². The largest absolute Gasteiger partial charge is 0.345 e. The predicted octanol–water partition coefficient (Wildman–Crippen LogP) is 2.08. The molecule has 5 rings (SSSR count). The SMILES string of the molecule is O=C(NC1CN(Cc2cnn(Cc3ccccc3)c2)C1)c1cn(C2CC2)cn1. The quantitative estimate of drug-likeness (QED) is 0.686. The summed E-state index contributed by atoms with van der Waals surface area (Å²) in [5, 5.41) is 7.54. The number of carbonyl (C=O) groups excluding carboxylic acids is 1. The Kier molecular flexibility index (Phi) is 4.44. The highest BCUT2D eigenvalue weighted by atomic mass is 16.2. The van der Waals surface area contributed by atoms with Crippen molar-refractivity contribution in [1.82, 2.24) is 29.5 Å². The van der Waals surface area contributed by atoms with Gasteiger partial charge in [0, 0.05) is 43.6 Å². The van der Waals surface area contributed by atoms with Gasteiger partial charge in [-0.15, -0.1) is 0 Å². The zero-order chi connectivity index (χ0) is 18.9. The molecule has 2 fully saturated rings. The van der Waals surface area contributed by atoms with Gasteiger partial charge < -0.3 is 9.88 Å². The summed E-state index contributed by atoms with van der Waals surface area (Å²) >= 11 is 0. The normalized spacial score (nSPS) is 17.4. The smallest absolute Gasteiger partial charge is 0.271 e. The van der Waals surface area contributed by atoms with Gasteiger partial charge in [0.25, 0.3) is 5.91 Å². The summed E-state index contributed by atoms with van der Waals surface area (Å²) in [6.07, 6.45) is 10.0. The van der Waals surface area contributed by atoms with Gasteiger partial charge in [-0.05, 0) is 18.4 Å². The maximum absolute atomic E-state index is 12.3. The van der Waals surface area contributed by atoms with Crippen molar-refractivity contribution >= 4 is 5.91 Å². The molecule has 0 atom stereocenters. The summed E-state index contributed by atoms with van der Waals surface area (Å²) in [5.41, 5.74) is 2.96. The van der Waals surface area contributed by atoms with Crippen LogP contribution in [0.3, 0.4) is 0 Å². The van der Waals surface area contributed by atoms with Crippen LogP contribution in [0.5, 0.6) is 0 Å². The average molecular weight is 376 g/mol. The highest BCUT2D eigenvalue weighted by Crippen LogP contribution is 2.34. The lowest BCUT2D eigenvalue weighted by Gasteiger charge is -2.39. The van der Waals surface area contributed by atoms with Gasteiger partial charge in [0.15, 0.2) is 0 Å². The summed E-state index contributed by atoms with van der Waals surface area (Å²) in [7, 11) is 0. The van der Waals surface area contributed by atoms with E-state index in [9.17, 15) is 4.79 Å². The molecule has 0 radical (unpaired) electrons. The van der Waals surface area contributed by atoms with Crippen molar-refractivity contribution in [3.8, 4) is 0 Å². The molecule has 3 aromatic rings. The number of hydrogen-bond donors (Lipinski definition) is 1. The lowest BCUT2D eigenvalue weighted by molar-refractivity contribution is 0.0791. The van der Waals surface area contributed by atoms with Crippen molar-refractivity contribution in [2.75, 3.05) is 13.1 Å². The fraction of sp³-hybridized carbons (Fsp3) is 0.381. The number of carbonyl (C=O) groups is 1.